The van der Waals surface area contributed by atoms with Gasteiger partial charge in [-0.2, -0.15) is 4.98 Å². The smallest absolute Gasteiger partial charge is 0.223 e. The van der Waals surface area contributed by atoms with Crippen LogP contribution in [0.25, 0.3) is 0 Å². The maximum absolute atomic E-state index is 4.99. The largest absolute Gasteiger partial charge is 0.340 e. The van der Waals surface area contributed by atoms with E-state index in [1.807, 2.05) is 29.9 Å². The van der Waals surface area contributed by atoms with E-state index in [1.54, 1.807) is 13.1 Å². The fourth-order valence-corrected chi connectivity index (χ4v) is 2.27. The molecule has 3 aromatic rings. The highest BCUT2D eigenvalue weighted by atomic mass is 16.5. The summed E-state index contributed by atoms with van der Waals surface area (Å²) in [7, 11) is 2.01. The maximum atomic E-state index is 4.99. The number of hydrogen-bond donors (Lipinski definition) is 0. The second kappa shape index (κ2) is 6.48. The Morgan fingerprint density at radius 2 is 2.00 bits per heavy atom. The van der Waals surface area contributed by atoms with Gasteiger partial charge in [0.05, 0.1) is 25.0 Å². The van der Waals surface area contributed by atoms with Crippen LogP contribution in [-0.4, -0.2) is 37.1 Å². The summed E-state index contributed by atoms with van der Waals surface area (Å²) < 4.78 is 6.90. The minimum atomic E-state index is 0.583. The molecule has 0 aliphatic rings. The zero-order chi connectivity index (χ0) is 15.4. The highest BCUT2D eigenvalue weighted by Crippen LogP contribution is 2.08. The third-order valence-electron chi connectivity index (χ3n) is 3.29. The van der Waals surface area contributed by atoms with Crippen LogP contribution >= 0.6 is 0 Å². The molecule has 1 aromatic carbocycles. The molecule has 0 aliphatic heterocycles. The zero-order valence-corrected chi connectivity index (χ0v) is 12.7. The molecule has 0 fully saturated rings. The van der Waals surface area contributed by atoms with Gasteiger partial charge in [0.15, 0.2) is 5.82 Å². The first kappa shape index (κ1) is 14.4. The van der Waals surface area contributed by atoms with E-state index in [2.05, 4.69) is 37.5 Å². The van der Waals surface area contributed by atoms with Gasteiger partial charge in [0, 0.05) is 13.5 Å². The van der Waals surface area contributed by atoms with Crippen LogP contribution in [0, 0.1) is 6.92 Å². The summed E-state index contributed by atoms with van der Waals surface area (Å²) in [6.45, 7) is 3.84. The van der Waals surface area contributed by atoms with Crippen molar-refractivity contribution in [1.82, 2.24) is 30.0 Å². The topological polar surface area (TPSA) is 72.9 Å². The summed E-state index contributed by atoms with van der Waals surface area (Å²) >= 11 is 0. The van der Waals surface area contributed by atoms with Crippen LogP contribution in [0.2, 0.25) is 0 Å². The minimum absolute atomic E-state index is 0.583. The quantitative estimate of drug-likeness (QED) is 0.689. The van der Waals surface area contributed by atoms with E-state index >= 15 is 0 Å². The molecule has 0 N–H and O–H groups in total. The van der Waals surface area contributed by atoms with Gasteiger partial charge in [0.2, 0.25) is 5.89 Å². The number of benzene rings is 1. The molecule has 3 rings (SSSR count). The summed E-state index contributed by atoms with van der Waals surface area (Å²) in [5.74, 6) is 1.27. The molecule has 114 valence electrons. The molecule has 0 bridgehead atoms. The monoisotopic (exact) mass is 298 g/mol. The van der Waals surface area contributed by atoms with Crippen molar-refractivity contribution in [3.63, 3.8) is 0 Å². The van der Waals surface area contributed by atoms with Crippen LogP contribution in [0.1, 0.15) is 23.0 Å². The Labute approximate surface area is 128 Å². The molecule has 0 saturated heterocycles. The Morgan fingerprint density at radius 3 is 2.73 bits per heavy atom. The summed E-state index contributed by atoms with van der Waals surface area (Å²) in [6, 6.07) is 10.2. The van der Waals surface area contributed by atoms with E-state index in [4.69, 9.17) is 4.52 Å². The summed E-state index contributed by atoms with van der Waals surface area (Å²) in [5.41, 5.74) is 2.25. The molecule has 2 heterocycles. The average molecular weight is 298 g/mol. The minimum Gasteiger partial charge on any atom is -0.340 e. The lowest BCUT2D eigenvalue weighted by Crippen LogP contribution is -2.20. The van der Waals surface area contributed by atoms with Crippen LogP contribution in [0.5, 0.6) is 0 Å². The van der Waals surface area contributed by atoms with E-state index in [0.717, 1.165) is 5.69 Å². The molecule has 0 unspecified atom stereocenters. The lowest BCUT2D eigenvalue weighted by Gasteiger charge is -2.15. The van der Waals surface area contributed by atoms with Gasteiger partial charge < -0.3 is 4.52 Å². The molecule has 7 heteroatoms. The Bertz CT molecular complexity index is 720. The van der Waals surface area contributed by atoms with Crippen molar-refractivity contribution in [2.45, 2.75) is 26.6 Å². The van der Waals surface area contributed by atoms with E-state index < -0.39 is 0 Å². The summed E-state index contributed by atoms with van der Waals surface area (Å²) in [5, 5.41) is 12.1. The van der Waals surface area contributed by atoms with Gasteiger partial charge in [0.25, 0.3) is 0 Å². The number of nitrogens with zero attached hydrogens (tertiary/aromatic N) is 6. The number of hydrogen-bond acceptors (Lipinski definition) is 6. The first-order valence-electron chi connectivity index (χ1n) is 7.10. The maximum Gasteiger partial charge on any atom is 0.223 e. The van der Waals surface area contributed by atoms with E-state index in [1.165, 1.54) is 5.56 Å². The van der Waals surface area contributed by atoms with Gasteiger partial charge in [-0.05, 0) is 12.6 Å². The highest BCUT2D eigenvalue weighted by molar-refractivity contribution is 5.15. The van der Waals surface area contributed by atoms with Crippen molar-refractivity contribution in [3.05, 3.63) is 59.5 Å². The lowest BCUT2D eigenvalue weighted by atomic mass is 10.2. The summed E-state index contributed by atoms with van der Waals surface area (Å²) in [6.07, 6.45) is 1.79. The van der Waals surface area contributed by atoms with Crippen molar-refractivity contribution in [2.75, 3.05) is 7.05 Å². The van der Waals surface area contributed by atoms with Crippen molar-refractivity contribution < 1.29 is 4.52 Å². The van der Waals surface area contributed by atoms with Gasteiger partial charge in [-0.1, -0.05) is 40.7 Å². The predicted octanol–water partition coefficient (Wildman–Crippen LogP) is 1.65. The van der Waals surface area contributed by atoms with Crippen LogP contribution in [0.3, 0.4) is 0 Å². The van der Waals surface area contributed by atoms with E-state index in [0.29, 0.717) is 31.3 Å². The fourth-order valence-electron chi connectivity index (χ4n) is 2.27. The van der Waals surface area contributed by atoms with Gasteiger partial charge in [-0.3, -0.25) is 4.90 Å². The second-order valence-electron chi connectivity index (χ2n) is 5.27. The molecule has 0 aliphatic carbocycles. The van der Waals surface area contributed by atoms with Crippen LogP contribution in [0.4, 0.5) is 0 Å². The molecule has 0 spiro atoms. The molecule has 0 amide bonds. The normalized spacial score (nSPS) is 11.2. The van der Waals surface area contributed by atoms with E-state index in [9.17, 15) is 0 Å². The molecule has 7 nitrogen and oxygen atoms in total. The second-order valence-corrected chi connectivity index (χ2v) is 5.27. The van der Waals surface area contributed by atoms with Gasteiger partial charge in [-0.25, -0.2) is 4.68 Å². The molecule has 0 saturated carbocycles. The van der Waals surface area contributed by atoms with Crippen LogP contribution < -0.4 is 0 Å². The Balaban J connectivity index is 1.64. The molecule has 22 heavy (non-hydrogen) atoms. The summed E-state index contributed by atoms with van der Waals surface area (Å²) in [4.78, 5) is 6.31. The Hall–Kier alpha value is -2.54. The third kappa shape index (κ3) is 3.56. The SMILES string of the molecule is Cc1nc(CN(C)Cc2cnnn2Cc2ccccc2)no1. The van der Waals surface area contributed by atoms with Gasteiger partial charge in [-0.15, -0.1) is 5.10 Å². The average Bonchev–Trinajstić information content (AvgIpc) is 3.10. The van der Waals surface area contributed by atoms with Crippen LogP contribution in [-0.2, 0) is 19.6 Å². The third-order valence-corrected chi connectivity index (χ3v) is 3.29. The first-order chi connectivity index (χ1) is 10.7. The van der Waals surface area contributed by atoms with Gasteiger partial charge >= 0.3 is 0 Å². The zero-order valence-electron chi connectivity index (χ0n) is 12.7. The number of aryl methyl sites for hydroxylation is 1. The fraction of sp³-hybridized carbons (Fsp3) is 0.333. The van der Waals surface area contributed by atoms with Crippen molar-refractivity contribution in [1.29, 1.82) is 0 Å². The van der Waals surface area contributed by atoms with Crippen molar-refractivity contribution in [3.8, 4) is 0 Å². The van der Waals surface area contributed by atoms with Crippen molar-refractivity contribution >= 4 is 0 Å². The predicted molar refractivity (Wildman–Crippen MR) is 79.8 cm³/mol. The molecule has 0 atom stereocenters. The molecule has 0 radical (unpaired) electrons. The molecular weight excluding hydrogens is 280 g/mol. The highest BCUT2D eigenvalue weighted by Gasteiger charge is 2.11. The lowest BCUT2D eigenvalue weighted by molar-refractivity contribution is 0.291. The Morgan fingerprint density at radius 1 is 1.18 bits per heavy atom. The number of rotatable bonds is 6. The first-order valence-corrected chi connectivity index (χ1v) is 7.10. The molecule has 2 aromatic heterocycles. The van der Waals surface area contributed by atoms with E-state index in [-0.39, 0.29) is 0 Å². The van der Waals surface area contributed by atoms with Gasteiger partial charge in [0.1, 0.15) is 0 Å². The standard InChI is InChI=1S/C15H18N6O/c1-12-17-15(18-22-12)11-20(2)10-14-8-16-19-21(14)9-13-6-4-3-5-7-13/h3-8H,9-11H2,1-2H3. The Kier molecular flexibility index (Phi) is 4.24. The van der Waals surface area contributed by atoms with Crippen LogP contribution in [0.15, 0.2) is 41.1 Å². The van der Waals surface area contributed by atoms with Crippen molar-refractivity contribution in [2.24, 2.45) is 0 Å². The molecular formula is C15H18N6O. The number of aromatic nitrogens is 5.